The van der Waals surface area contributed by atoms with Crippen LogP contribution in [0.4, 0.5) is 5.00 Å². The fourth-order valence-electron chi connectivity index (χ4n) is 5.13. The van der Waals surface area contributed by atoms with Gasteiger partial charge in [-0.2, -0.15) is 5.26 Å². The molecule has 0 spiro atoms. The third kappa shape index (κ3) is 4.58. The van der Waals surface area contributed by atoms with E-state index in [9.17, 15) is 10.1 Å². The second-order valence-electron chi connectivity index (χ2n) is 10.5. The first-order valence-corrected chi connectivity index (χ1v) is 12.8. The average Bonchev–Trinajstić information content (AvgIpc) is 3.31. The Balaban J connectivity index is 1.69. The molecule has 4 rings (SSSR count). The summed E-state index contributed by atoms with van der Waals surface area (Å²) < 4.78 is 7.09. The highest BCUT2D eigenvalue weighted by Crippen LogP contribution is 2.45. The molecule has 0 unspecified atom stereocenters. The first-order valence-electron chi connectivity index (χ1n) is 12.0. The first-order chi connectivity index (χ1) is 16.6. The Labute approximate surface area is 212 Å². The molecule has 0 saturated heterocycles. The van der Waals surface area contributed by atoms with Gasteiger partial charge in [0.05, 0.1) is 18.2 Å². The standard InChI is InChI=1S/C29H33N3O2S/c1-17-13-20(19(3)32(17)25-10-8-9-22(18(25)2)28(33)34-7)16-31-27-24(15-30)23-12-11-21(29(4,5)6)14-26(23)35-27/h8-10,13,16,21H,11-12,14H2,1-7H3/t21-/m1/s1. The number of carbonyl (C=O) groups excluding carboxylic acids is 1. The molecule has 0 aliphatic heterocycles. The maximum Gasteiger partial charge on any atom is 0.338 e. The van der Waals surface area contributed by atoms with E-state index in [0.29, 0.717) is 11.5 Å². The summed E-state index contributed by atoms with van der Waals surface area (Å²) in [4.78, 5) is 18.3. The largest absolute Gasteiger partial charge is 0.465 e. The maximum atomic E-state index is 12.2. The smallest absolute Gasteiger partial charge is 0.338 e. The van der Waals surface area contributed by atoms with E-state index in [-0.39, 0.29) is 11.4 Å². The van der Waals surface area contributed by atoms with E-state index >= 15 is 0 Å². The van der Waals surface area contributed by atoms with Crippen LogP contribution in [0.2, 0.25) is 0 Å². The van der Waals surface area contributed by atoms with E-state index in [4.69, 9.17) is 9.73 Å². The molecular weight excluding hydrogens is 454 g/mol. The van der Waals surface area contributed by atoms with Crippen LogP contribution in [-0.4, -0.2) is 23.9 Å². The second-order valence-corrected chi connectivity index (χ2v) is 11.5. The average molecular weight is 488 g/mol. The van der Waals surface area contributed by atoms with Crippen molar-refractivity contribution in [3.63, 3.8) is 0 Å². The van der Waals surface area contributed by atoms with Crippen LogP contribution in [0.15, 0.2) is 29.3 Å². The van der Waals surface area contributed by atoms with Crippen molar-refractivity contribution in [2.24, 2.45) is 16.3 Å². The number of ether oxygens (including phenoxy) is 1. The van der Waals surface area contributed by atoms with Crippen LogP contribution in [0, 0.1) is 43.4 Å². The Morgan fingerprint density at radius 2 is 2.03 bits per heavy atom. The summed E-state index contributed by atoms with van der Waals surface area (Å²) in [5.41, 5.74) is 7.65. The number of esters is 1. The van der Waals surface area contributed by atoms with Gasteiger partial charge in [0, 0.05) is 33.7 Å². The van der Waals surface area contributed by atoms with Gasteiger partial charge in [0.25, 0.3) is 0 Å². The summed E-state index contributed by atoms with van der Waals surface area (Å²) in [7, 11) is 1.40. The minimum Gasteiger partial charge on any atom is -0.465 e. The van der Waals surface area contributed by atoms with Gasteiger partial charge in [-0.1, -0.05) is 26.8 Å². The van der Waals surface area contributed by atoms with Crippen molar-refractivity contribution in [3.8, 4) is 11.8 Å². The van der Waals surface area contributed by atoms with Crippen molar-refractivity contribution in [2.45, 2.75) is 60.8 Å². The van der Waals surface area contributed by atoms with E-state index in [1.165, 1.54) is 17.6 Å². The van der Waals surface area contributed by atoms with Crippen LogP contribution in [0.5, 0.6) is 0 Å². The van der Waals surface area contributed by atoms with Crippen molar-refractivity contribution in [1.82, 2.24) is 4.57 Å². The van der Waals surface area contributed by atoms with Crippen LogP contribution in [0.3, 0.4) is 0 Å². The van der Waals surface area contributed by atoms with Crippen molar-refractivity contribution >= 4 is 28.5 Å². The number of carbonyl (C=O) groups is 1. The van der Waals surface area contributed by atoms with E-state index in [1.807, 2.05) is 32.2 Å². The fourth-order valence-corrected chi connectivity index (χ4v) is 6.35. The highest BCUT2D eigenvalue weighted by molar-refractivity contribution is 7.16. The quantitative estimate of drug-likeness (QED) is 0.293. The summed E-state index contributed by atoms with van der Waals surface area (Å²) in [6.45, 7) is 13.0. The van der Waals surface area contributed by atoms with Crippen molar-refractivity contribution < 1.29 is 9.53 Å². The van der Waals surface area contributed by atoms with Crippen molar-refractivity contribution in [1.29, 1.82) is 5.26 Å². The number of rotatable bonds is 4. The molecule has 5 nitrogen and oxygen atoms in total. The monoisotopic (exact) mass is 487 g/mol. The fraction of sp³-hybridized carbons (Fsp3) is 0.414. The second kappa shape index (κ2) is 9.47. The van der Waals surface area contributed by atoms with Gasteiger partial charge in [0.2, 0.25) is 0 Å². The molecular formula is C29H33N3O2S. The van der Waals surface area contributed by atoms with Gasteiger partial charge in [-0.3, -0.25) is 0 Å². The van der Waals surface area contributed by atoms with Gasteiger partial charge >= 0.3 is 5.97 Å². The highest BCUT2D eigenvalue weighted by atomic mass is 32.1. The van der Waals surface area contributed by atoms with Crippen LogP contribution in [-0.2, 0) is 17.6 Å². The summed E-state index contributed by atoms with van der Waals surface area (Å²) in [6.07, 6.45) is 4.97. The van der Waals surface area contributed by atoms with E-state index in [0.717, 1.165) is 58.0 Å². The summed E-state index contributed by atoms with van der Waals surface area (Å²) in [5.74, 6) is 0.285. The number of hydrogen-bond donors (Lipinski definition) is 0. The number of nitrogens with zero attached hydrogens (tertiary/aromatic N) is 3. The number of benzene rings is 1. The Morgan fingerprint density at radius 1 is 1.29 bits per heavy atom. The maximum absolute atomic E-state index is 12.2. The topological polar surface area (TPSA) is 67.4 Å². The molecule has 2 aromatic heterocycles. The minimum atomic E-state index is -0.340. The van der Waals surface area contributed by atoms with Gasteiger partial charge in [-0.25, -0.2) is 9.79 Å². The Morgan fingerprint density at radius 3 is 2.69 bits per heavy atom. The molecule has 182 valence electrons. The van der Waals surface area contributed by atoms with Gasteiger partial charge in [0.1, 0.15) is 11.1 Å². The number of thiophene rings is 1. The predicted octanol–water partition coefficient (Wildman–Crippen LogP) is 7.02. The predicted molar refractivity (Wildman–Crippen MR) is 143 cm³/mol. The molecule has 0 saturated carbocycles. The molecule has 6 heteroatoms. The molecule has 1 aromatic carbocycles. The van der Waals surface area contributed by atoms with Gasteiger partial charge in [-0.05, 0) is 80.7 Å². The van der Waals surface area contributed by atoms with Crippen LogP contribution >= 0.6 is 11.3 Å². The molecule has 1 atom stereocenters. The molecule has 0 N–H and O–H groups in total. The summed E-state index contributed by atoms with van der Waals surface area (Å²) in [6, 6.07) is 10.2. The van der Waals surface area contributed by atoms with E-state index in [2.05, 4.69) is 44.4 Å². The molecule has 2 heterocycles. The zero-order valence-electron chi connectivity index (χ0n) is 21.7. The summed E-state index contributed by atoms with van der Waals surface area (Å²) in [5, 5.41) is 10.7. The van der Waals surface area contributed by atoms with Gasteiger partial charge in [-0.15, -0.1) is 11.3 Å². The number of aliphatic imine (C=N–C) groups is 1. The Bertz CT molecular complexity index is 1360. The number of aromatic nitrogens is 1. The molecule has 1 aliphatic carbocycles. The molecule has 0 bridgehead atoms. The molecule has 0 fully saturated rings. The SMILES string of the molecule is COC(=O)c1cccc(-n2c(C)cc(C=Nc3sc4c(c3C#N)CC[C@@H](C(C)(C)C)C4)c2C)c1C. The molecule has 3 aromatic rings. The Hall–Kier alpha value is -3.17. The number of aryl methyl sites for hydroxylation is 1. The van der Waals surface area contributed by atoms with Crippen LogP contribution < -0.4 is 0 Å². The Kier molecular flexibility index (Phi) is 6.75. The molecule has 1 aliphatic rings. The van der Waals surface area contributed by atoms with Crippen LogP contribution in [0.25, 0.3) is 5.69 Å². The zero-order chi connectivity index (χ0) is 25.5. The lowest BCUT2D eigenvalue weighted by Gasteiger charge is -2.33. The van der Waals surface area contributed by atoms with Gasteiger partial charge < -0.3 is 9.30 Å². The normalized spacial score (nSPS) is 15.8. The lowest BCUT2D eigenvalue weighted by atomic mass is 9.72. The van der Waals surface area contributed by atoms with Crippen molar-refractivity contribution in [2.75, 3.05) is 7.11 Å². The number of nitriles is 1. The highest BCUT2D eigenvalue weighted by Gasteiger charge is 2.32. The zero-order valence-corrected chi connectivity index (χ0v) is 22.5. The van der Waals surface area contributed by atoms with Crippen molar-refractivity contribution in [3.05, 3.63) is 68.3 Å². The third-order valence-electron chi connectivity index (χ3n) is 7.33. The van der Waals surface area contributed by atoms with E-state index < -0.39 is 0 Å². The molecule has 0 amide bonds. The number of fused-ring (bicyclic) bond motifs is 1. The van der Waals surface area contributed by atoms with Crippen LogP contribution in [0.1, 0.15) is 76.1 Å². The summed E-state index contributed by atoms with van der Waals surface area (Å²) >= 11 is 1.67. The number of hydrogen-bond acceptors (Lipinski definition) is 5. The first kappa shape index (κ1) is 24.9. The minimum absolute atomic E-state index is 0.263. The van der Waals surface area contributed by atoms with E-state index in [1.54, 1.807) is 17.4 Å². The third-order valence-corrected chi connectivity index (χ3v) is 8.49. The lowest BCUT2D eigenvalue weighted by Crippen LogP contribution is -2.26. The number of methoxy groups -OCH3 is 1. The molecule has 35 heavy (non-hydrogen) atoms. The van der Waals surface area contributed by atoms with Gasteiger partial charge in [0.15, 0.2) is 0 Å². The molecule has 0 radical (unpaired) electrons. The lowest BCUT2D eigenvalue weighted by molar-refractivity contribution is 0.0600.